The minimum absolute atomic E-state index is 0.0658. The SMILES string of the molecule is CN1CCC(NC(=O)c2cc(N)cc(S(C)(=O)=O)c2)CC1. The highest BCUT2D eigenvalue weighted by atomic mass is 32.2. The molecule has 1 aromatic carbocycles. The summed E-state index contributed by atoms with van der Waals surface area (Å²) < 4.78 is 23.2. The van der Waals surface area contributed by atoms with Crippen LogP contribution in [0.2, 0.25) is 0 Å². The second-order valence-corrected chi connectivity index (χ2v) is 7.63. The fourth-order valence-corrected chi connectivity index (χ4v) is 3.08. The molecule has 3 N–H and O–H groups in total. The van der Waals surface area contributed by atoms with E-state index in [1.54, 1.807) is 0 Å². The number of carbonyl (C=O) groups excluding carboxylic acids is 1. The molecule has 0 aromatic heterocycles. The maximum Gasteiger partial charge on any atom is 0.251 e. The molecule has 0 saturated carbocycles. The minimum Gasteiger partial charge on any atom is -0.399 e. The molecule has 0 bridgehead atoms. The Hall–Kier alpha value is -1.60. The number of rotatable bonds is 3. The molecule has 6 nitrogen and oxygen atoms in total. The molecule has 21 heavy (non-hydrogen) atoms. The van der Waals surface area contributed by atoms with Gasteiger partial charge in [0.05, 0.1) is 4.90 Å². The van der Waals surface area contributed by atoms with Gasteiger partial charge in [-0.3, -0.25) is 4.79 Å². The van der Waals surface area contributed by atoms with Crippen LogP contribution >= 0.6 is 0 Å². The lowest BCUT2D eigenvalue weighted by molar-refractivity contribution is 0.0916. The number of benzene rings is 1. The van der Waals surface area contributed by atoms with Crippen molar-refractivity contribution in [2.45, 2.75) is 23.8 Å². The summed E-state index contributed by atoms with van der Waals surface area (Å²) in [6.07, 6.45) is 2.88. The van der Waals surface area contributed by atoms with Gasteiger partial charge in [0.25, 0.3) is 5.91 Å². The fraction of sp³-hybridized carbons (Fsp3) is 0.500. The molecule has 0 aliphatic carbocycles. The maximum atomic E-state index is 12.3. The Balaban J connectivity index is 2.14. The average molecular weight is 311 g/mol. The Morgan fingerprint density at radius 1 is 1.29 bits per heavy atom. The van der Waals surface area contributed by atoms with E-state index in [1.165, 1.54) is 18.2 Å². The van der Waals surface area contributed by atoms with Crippen LogP contribution in [0.1, 0.15) is 23.2 Å². The zero-order valence-electron chi connectivity index (χ0n) is 12.3. The number of nitrogens with zero attached hydrogens (tertiary/aromatic N) is 1. The van der Waals surface area contributed by atoms with Gasteiger partial charge >= 0.3 is 0 Å². The van der Waals surface area contributed by atoms with Crippen molar-refractivity contribution in [2.24, 2.45) is 0 Å². The van der Waals surface area contributed by atoms with E-state index in [4.69, 9.17) is 5.73 Å². The van der Waals surface area contributed by atoms with Crippen LogP contribution in [0.25, 0.3) is 0 Å². The van der Waals surface area contributed by atoms with Crippen molar-refractivity contribution >= 4 is 21.4 Å². The number of likely N-dealkylation sites (tertiary alicyclic amines) is 1. The summed E-state index contributed by atoms with van der Waals surface area (Å²) in [6.45, 7) is 1.88. The topological polar surface area (TPSA) is 92.5 Å². The third-order valence-electron chi connectivity index (χ3n) is 3.67. The summed E-state index contributed by atoms with van der Waals surface area (Å²) in [5.41, 5.74) is 6.25. The third kappa shape index (κ3) is 4.18. The molecule has 1 amide bonds. The number of piperidine rings is 1. The molecule has 1 aromatic rings. The van der Waals surface area contributed by atoms with Crippen molar-refractivity contribution in [3.63, 3.8) is 0 Å². The number of nitrogens with one attached hydrogen (secondary N) is 1. The molecule has 7 heteroatoms. The van der Waals surface area contributed by atoms with Crippen molar-refractivity contribution in [1.82, 2.24) is 10.2 Å². The Kier molecular flexibility index (Phi) is 4.53. The Labute approximate surface area is 125 Å². The molecule has 0 unspecified atom stereocenters. The first kappa shape index (κ1) is 15.8. The Morgan fingerprint density at radius 3 is 2.48 bits per heavy atom. The molecule has 0 atom stereocenters. The summed E-state index contributed by atoms with van der Waals surface area (Å²) in [6, 6.07) is 4.35. The van der Waals surface area contributed by atoms with Crippen LogP contribution in [-0.4, -0.2) is 51.7 Å². The fourth-order valence-electron chi connectivity index (χ4n) is 2.39. The van der Waals surface area contributed by atoms with Gasteiger partial charge in [-0.05, 0) is 51.2 Å². The van der Waals surface area contributed by atoms with E-state index in [-0.39, 0.29) is 28.1 Å². The average Bonchev–Trinajstić information content (AvgIpc) is 2.39. The van der Waals surface area contributed by atoms with Crippen LogP contribution in [0, 0.1) is 0 Å². The number of carbonyl (C=O) groups is 1. The van der Waals surface area contributed by atoms with Crippen LogP contribution in [0.4, 0.5) is 5.69 Å². The quantitative estimate of drug-likeness (QED) is 0.793. The highest BCUT2D eigenvalue weighted by molar-refractivity contribution is 7.90. The van der Waals surface area contributed by atoms with E-state index in [0.29, 0.717) is 0 Å². The maximum absolute atomic E-state index is 12.3. The highest BCUT2D eigenvalue weighted by Crippen LogP contribution is 2.17. The van der Waals surface area contributed by atoms with E-state index < -0.39 is 9.84 Å². The van der Waals surface area contributed by atoms with Crippen LogP contribution in [-0.2, 0) is 9.84 Å². The zero-order chi connectivity index (χ0) is 15.6. The Morgan fingerprint density at radius 2 is 1.90 bits per heavy atom. The van der Waals surface area contributed by atoms with Gasteiger partial charge in [-0.25, -0.2) is 8.42 Å². The van der Waals surface area contributed by atoms with Gasteiger partial charge in [-0.15, -0.1) is 0 Å². The van der Waals surface area contributed by atoms with E-state index in [2.05, 4.69) is 10.2 Å². The lowest BCUT2D eigenvalue weighted by atomic mass is 10.0. The summed E-state index contributed by atoms with van der Waals surface area (Å²) in [5, 5.41) is 2.95. The molecule has 1 fully saturated rings. The number of nitrogen functional groups attached to an aromatic ring is 1. The monoisotopic (exact) mass is 311 g/mol. The van der Waals surface area contributed by atoms with Crippen LogP contribution < -0.4 is 11.1 Å². The number of hydrogen-bond acceptors (Lipinski definition) is 5. The van der Waals surface area contributed by atoms with E-state index >= 15 is 0 Å². The number of amides is 1. The van der Waals surface area contributed by atoms with Crippen molar-refractivity contribution < 1.29 is 13.2 Å². The summed E-state index contributed by atoms with van der Waals surface area (Å²) in [4.78, 5) is 14.5. The summed E-state index contributed by atoms with van der Waals surface area (Å²) in [7, 11) is -1.34. The molecule has 116 valence electrons. The van der Waals surface area contributed by atoms with Crippen LogP contribution in [0.3, 0.4) is 0 Å². The molecule has 1 aliphatic rings. The normalized spacial score (nSPS) is 17.6. The molecular weight excluding hydrogens is 290 g/mol. The predicted octanol–water partition coefficient (Wildman–Crippen LogP) is 0.496. The first-order valence-corrected chi connectivity index (χ1v) is 8.75. The molecule has 1 aliphatic heterocycles. The van der Waals surface area contributed by atoms with Gasteiger partial charge in [0.2, 0.25) is 0 Å². The van der Waals surface area contributed by atoms with E-state index in [1.807, 2.05) is 7.05 Å². The van der Waals surface area contributed by atoms with Gasteiger partial charge in [0.15, 0.2) is 9.84 Å². The van der Waals surface area contributed by atoms with Gasteiger partial charge in [-0.1, -0.05) is 0 Å². The third-order valence-corrected chi connectivity index (χ3v) is 4.76. The first-order valence-electron chi connectivity index (χ1n) is 6.86. The van der Waals surface area contributed by atoms with E-state index in [9.17, 15) is 13.2 Å². The number of nitrogens with two attached hydrogens (primary N) is 1. The lowest BCUT2D eigenvalue weighted by Gasteiger charge is -2.29. The van der Waals surface area contributed by atoms with Gasteiger partial charge in [0, 0.05) is 23.5 Å². The smallest absolute Gasteiger partial charge is 0.251 e. The second-order valence-electron chi connectivity index (χ2n) is 5.61. The molecular formula is C14H21N3O3S. The molecule has 1 heterocycles. The standard InChI is InChI=1S/C14H21N3O3S/c1-17-5-3-12(4-6-17)16-14(18)10-7-11(15)9-13(8-10)21(2,19)20/h7-9,12H,3-6,15H2,1-2H3,(H,16,18). The van der Waals surface area contributed by atoms with Crippen molar-refractivity contribution in [3.05, 3.63) is 23.8 Å². The lowest BCUT2D eigenvalue weighted by Crippen LogP contribution is -2.43. The van der Waals surface area contributed by atoms with Crippen molar-refractivity contribution in [1.29, 1.82) is 0 Å². The van der Waals surface area contributed by atoms with E-state index in [0.717, 1.165) is 32.2 Å². The van der Waals surface area contributed by atoms with Crippen molar-refractivity contribution in [3.8, 4) is 0 Å². The van der Waals surface area contributed by atoms with Gasteiger partial charge in [0.1, 0.15) is 0 Å². The largest absolute Gasteiger partial charge is 0.399 e. The van der Waals surface area contributed by atoms with Crippen molar-refractivity contribution in [2.75, 3.05) is 32.1 Å². The van der Waals surface area contributed by atoms with Gasteiger partial charge in [-0.2, -0.15) is 0 Å². The van der Waals surface area contributed by atoms with Crippen LogP contribution in [0.15, 0.2) is 23.1 Å². The first-order chi connectivity index (χ1) is 9.75. The molecule has 0 spiro atoms. The second kappa shape index (κ2) is 6.03. The van der Waals surface area contributed by atoms with Gasteiger partial charge < -0.3 is 16.0 Å². The number of sulfone groups is 1. The van der Waals surface area contributed by atoms with Crippen LogP contribution in [0.5, 0.6) is 0 Å². The summed E-state index contributed by atoms with van der Waals surface area (Å²) in [5.74, 6) is -0.276. The predicted molar refractivity (Wildman–Crippen MR) is 81.9 cm³/mol. The number of hydrogen-bond donors (Lipinski definition) is 2. The Bertz CT molecular complexity index is 635. The molecule has 2 rings (SSSR count). The summed E-state index contributed by atoms with van der Waals surface area (Å²) >= 11 is 0. The minimum atomic E-state index is -3.39. The number of anilines is 1. The zero-order valence-corrected chi connectivity index (χ0v) is 13.1. The molecule has 1 saturated heterocycles. The molecule has 0 radical (unpaired) electrons. The highest BCUT2D eigenvalue weighted by Gasteiger charge is 2.20.